The van der Waals surface area contributed by atoms with Crippen molar-refractivity contribution in [1.82, 2.24) is 0 Å². The van der Waals surface area contributed by atoms with Gasteiger partial charge in [0.15, 0.2) is 5.78 Å². The molecule has 0 radical (unpaired) electrons. The van der Waals surface area contributed by atoms with Gasteiger partial charge in [-0.25, -0.2) is 0 Å². The quantitative estimate of drug-likeness (QED) is 0.887. The molecule has 1 aliphatic carbocycles. The zero-order chi connectivity index (χ0) is 18.9. The molecule has 0 saturated heterocycles. The molecule has 2 N–H and O–H groups in total. The highest BCUT2D eigenvalue weighted by atomic mass is 16.5. The van der Waals surface area contributed by atoms with Gasteiger partial charge in [0.25, 0.3) is 0 Å². The summed E-state index contributed by atoms with van der Waals surface area (Å²) < 4.78 is 11.3. The molecular weight excluding hydrogens is 328 g/mol. The second kappa shape index (κ2) is 6.87. The fraction of sp³-hybridized carbons (Fsp3) is 0.429. The number of nitrogens with two attached hydrogens (primary N) is 1. The van der Waals surface area contributed by atoms with E-state index in [1.807, 2.05) is 45.0 Å². The molecule has 3 rings (SSSR count). The Kier molecular flexibility index (Phi) is 4.78. The van der Waals surface area contributed by atoms with Gasteiger partial charge >= 0.3 is 0 Å². The second-order valence-electron chi connectivity index (χ2n) is 7.62. The number of carbonyl (C=O) groups is 1. The molecule has 2 aliphatic rings. The van der Waals surface area contributed by atoms with E-state index < -0.39 is 5.92 Å². The fourth-order valence-electron chi connectivity index (χ4n) is 3.59. The highest BCUT2D eigenvalue weighted by Crippen LogP contribution is 2.47. The lowest BCUT2D eigenvalue weighted by molar-refractivity contribution is -0.119. The van der Waals surface area contributed by atoms with Crippen LogP contribution in [0.15, 0.2) is 47.1 Å². The van der Waals surface area contributed by atoms with Crippen molar-refractivity contribution < 1.29 is 14.3 Å². The third-order valence-electron chi connectivity index (χ3n) is 4.76. The van der Waals surface area contributed by atoms with Crippen molar-refractivity contribution in [2.45, 2.75) is 46.0 Å². The topological polar surface area (TPSA) is 85.3 Å². The molecule has 5 nitrogen and oxygen atoms in total. The maximum Gasteiger partial charge on any atom is 0.205 e. The van der Waals surface area contributed by atoms with E-state index in [0.29, 0.717) is 36.4 Å². The van der Waals surface area contributed by atoms with Crippen molar-refractivity contribution >= 4 is 5.78 Å². The number of benzene rings is 1. The smallest absolute Gasteiger partial charge is 0.205 e. The normalized spacial score (nSPS) is 21.8. The second-order valence-corrected chi connectivity index (χ2v) is 7.62. The first-order valence-electron chi connectivity index (χ1n) is 8.93. The molecule has 1 aromatic rings. The minimum Gasteiger partial charge on any atom is -0.494 e. The number of nitriles is 1. The van der Waals surface area contributed by atoms with Crippen LogP contribution in [0.5, 0.6) is 5.75 Å². The fourth-order valence-corrected chi connectivity index (χ4v) is 3.59. The molecule has 0 aromatic heterocycles. The standard InChI is InChI=1S/C21H24N2O3/c1-4-9-25-14-7-5-13(6-8-14)18-15(12-22)20(23)26-17-11-21(2,3)10-16(24)19(17)18/h5-8,18H,4,9-11,23H2,1-3H3/t18-/m1/s1. The van der Waals surface area contributed by atoms with Crippen LogP contribution in [-0.2, 0) is 9.53 Å². The first-order valence-corrected chi connectivity index (χ1v) is 8.93. The number of allylic oxidation sites excluding steroid dienone is 3. The lowest BCUT2D eigenvalue weighted by Crippen LogP contribution is -2.33. The average Bonchev–Trinajstić information content (AvgIpc) is 2.58. The van der Waals surface area contributed by atoms with Gasteiger partial charge in [-0.2, -0.15) is 5.26 Å². The van der Waals surface area contributed by atoms with Gasteiger partial charge in [0, 0.05) is 18.4 Å². The Morgan fingerprint density at radius 3 is 2.62 bits per heavy atom. The summed E-state index contributed by atoms with van der Waals surface area (Å²) >= 11 is 0. The number of rotatable bonds is 4. The number of ketones is 1. The van der Waals surface area contributed by atoms with Gasteiger partial charge in [-0.15, -0.1) is 0 Å². The molecule has 0 fully saturated rings. The van der Waals surface area contributed by atoms with E-state index >= 15 is 0 Å². The Morgan fingerprint density at radius 1 is 1.31 bits per heavy atom. The van der Waals surface area contributed by atoms with E-state index in [0.717, 1.165) is 17.7 Å². The van der Waals surface area contributed by atoms with E-state index in [4.69, 9.17) is 15.2 Å². The van der Waals surface area contributed by atoms with Crippen LogP contribution in [0.3, 0.4) is 0 Å². The minimum atomic E-state index is -0.479. The van der Waals surface area contributed by atoms with Crippen LogP contribution in [0.4, 0.5) is 0 Å². The maximum atomic E-state index is 12.9. The van der Waals surface area contributed by atoms with E-state index in [1.165, 1.54) is 0 Å². The lowest BCUT2D eigenvalue weighted by Gasteiger charge is -2.37. The molecule has 1 aromatic carbocycles. The monoisotopic (exact) mass is 352 g/mol. The summed E-state index contributed by atoms with van der Waals surface area (Å²) in [6.07, 6.45) is 1.99. The maximum absolute atomic E-state index is 12.9. The summed E-state index contributed by atoms with van der Waals surface area (Å²) in [5.41, 5.74) is 7.54. The van der Waals surface area contributed by atoms with Crippen LogP contribution in [0, 0.1) is 16.7 Å². The highest BCUT2D eigenvalue weighted by molar-refractivity contribution is 6.00. The van der Waals surface area contributed by atoms with Crippen LogP contribution in [0.25, 0.3) is 0 Å². The molecule has 1 heterocycles. The zero-order valence-electron chi connectivity index (χ0n) is 15.5. The highest BCUT2D eigenvalue weighted by Gasteiger charge is 2.42. The molecule has 0 saturated carbocycles. The van der Waals surface area contributed by atoms with Crippen LogP contribution in [-0.4, -0.2) is 12.4 Å². The Labute approximate surface area is 154 Å². The van der Waals surface area contributed by atoms with Crippen molar-refractivity contribution in [3.8, 4) is 11.8 Å². The lowest BCUT2D eigenvalue weighted by atomic mass is 9.70. The molecule has 1 atom stereocenters. The third-order valence-corrected chi connectivity index (χ3v) is 4.76. The molecular formula is C21H24N2O3. The minimum absolute atomic E-state index is 0.0211. The van der Waals surface area contributed by atoms with E-state index in [-0.39, 0.29) is 17.1 Å². The van der Waals surface area contributed by atoms with Crippen molar-refractivity contribution in [3.63, 3.8) is 0 Å². The Morgan fingerprint density at radius 2 is 2.00 bits per heavy atom. The molecule has 1 aliphatic heterocycles. The number of carbonyl (C=O) groups excluding carboxylic acids is 1. The predicted molar refractivity (Wildman–Crippen MR) is 97.9 cm³/mol. The Bertz CT molecular complexity index is 826. The number of Topliss-reactive ketones (excluding diaryl/α,β-unsaturated/α-hetero) is 1. The van der Waals surface area contributed by atoms with E-state index in [1.54, 1.807) is 0 Å². The van der Waals surface area contributed by atoms with Gasteiger partial charge in [0.05, 0.1) is 12.5 Å². The summed E-state index contributed by atoms with van der Waals surface area (Å²) in [7, 11) is 0. The number of nitrogens with zero attached hydrogens (tertiary/aromatic N) is 1. The van der Waals surface area contributed by atoms with Crippen molar-refractivity contribution in [1.29, 1.82) is 5.26 Å². The largest absolute Gasteiger partial charge is 0.494 e. The molecule has 26 heavy (non-hydrogen) atoms. The van der Waals surface area contributed by atoms with Gasteiger partial charge < -0.3 is 15.2 Å². The molecule has 0 unspecified atom stereocenters. The van der Waals surface area contributed by atoms with Crippen LogP contribution >= 0.6 is 0 Å². The SMILES string of the molecule is CCCOc1ccc([C@@H]2C(C#N)=C(N)OC3=C2C(=O)CC(C)(C)C3)cc1. The van der Waals surface area contributed by atoms with E-state index in [9.17, 15) is 10.1 Å². The summed E-state index contributed by atoms with van der Waals surface area (Å²) in [6, 6.07) is 9.65. The first-order chi connectivity index (χ1) is 12.4. The van der Waals surface area contributed by atoms with Crippen molar-refractivity contribution in [2.75, 3.05) is 6.61 Å². The van der Waals surface area contributed by atoms with Crippen LogP contribution < -0.4 is 10.5 Å². The van der Waals surface area contributed by atoms with Gasteiger partial charge in [-0.05, 0) is 29.5 Å². The number of hydrogen-bond acceptors (Lipinski definition) is 5. The molecule has 0 amide bonds. The summed E-state index contributed by atoms with van der Waals surface area (Å²) in [4.78, 5) is 12.9. The van der Waals surface area contributed by atoms with Crippen molar-refractivity contribution in [3.05, 3.63) is 52.6 Å². The molecule has 0 spiro atoms. The Hall–Kier alpha value is -2.74. The molecule has 5 heteroatoms. The average molecular weight is 352 g/mol. The van der Waals surface area contributed by atoms with Crippen LogP contribution in [0.2, 0.25) is 0 Å². The van der Waals surface area contributed by atoms with Gasteiger partial charge in [-0.3, -0.25) is 4.79 Å². The van der Waals surface area contributed by atoms with Gasteiger partial charge in [-0.1, -0.05) is 32.9 Å². The number of ether oxygens (including phenoxy) is 2. The molecule has 0 bridgehead atoms. The van der Waals surface area contributed by atoms with Gasteiger partial charge in [0.1, 0.15) is 23.2 Å². The van der Waals surface area contributed by atoms with Crippen molar-refractivity contribution in [2.24, 2.45) is 11.1 Å². The summed E-state index contributed by atoms with van der Waals surface area (Å²) in [5, 5.41) is 9.62. The third kappa shape index (κ3) is 3.32. The number of hydrogen-bond donors (Lipinski definition) is 1. The predicted octanol–water partition coefficient (Wildman–Crippen LogP) is 3.93. The van der Waals surface area contributed by atoms with Crippen LogP contribution in [0.1, 0.15) is 51.5 Å². The van der Waals surface area contributed by atoms with E-state index in [2.05, 4.69) is 6.07 Å². The Balaban J connectivity index is 2.03. The first kappa shape index (κ1) is 18.1. The summed E-state index contributed by atoms with van der Waals surface area (Å²) in [6.45, 7) is 6.77. The summed E-state index contributed by atoms with van der Waals surface area (Å²) in [5.74, 6) is 0.996. The van der Waals surface area contributed by atoms with Gasteiger partial charge in [0.2, 0.25) is 5.88 Å². The molecule has 136 valence electrons. The zero-order valence-corrected chi connectivity index (χ0v) is 15.5.